The highest BCUT2D eigenvalue weighted by Gasteiger charge is 2.23. The molecular formula is C26H29N3O3. The number of pyridine rings is 1. The summed E-state index contributed by atoms with van der Waals surface area (Å²) >= 11 is 0. The lowest BCUT2D eigenvalue weighted by Gasteiger charge is -2.20. The number of ether oxygens (including phenoxy) is 1. The number of aromatic nitrogens is 1. The summed E-state index contributed by atoms with van der Waals surface area (Å²) in [6, 6.07) is 15.4. The largest absolute Gasteiger partial charge is 0.452 e. The van der Waals surface area contributed by atoms with Crippen LogP contribution in [0.25, 0.3) is 10.9 Å². The van der Waals surface area contributed by atoms with Gasteiger partial charge in [-0.25, -0.2) is 9.78 Å². The van der Waals surface area contributed by atoms with Crippen LogP contribution >= 0.6 is 0 Å². The standard InChI is InChI=1S/C26H29N3O3/c1-17-10-11-20(14-18(17)2)19(3)27-24(30)16-32-26(31)22-15-21-8-4-5-9-23(21)28-25(22)29-12-6-7-13-29/h4-5,8-11,14-15,19H,6-7,12-13,16H2,1-3H3,(H,27,30). The van der Waals surface area contributed by atoms with Crippen LogP contribution in [0.5, 0.6) is 0 Å². The van der Waals surface area contributed by atoms with E-state index >= 15 is 0 Å². The minimum atomic E-state index is -0.529. The van der Waals surface area contributed by atoms with Gasteiger partial charge in [0.25, 0.3) is 5.91 Å². The summed E-state index contributed by atoms with van der Waals surface area (Å²) in [6.45, 7) is 7.41. The number of nitrogens with one attached hydrogen (secondary N) is 1. The van der Waals surface area contributed by atoms with E-state index in [0.29, 0.717) is 11.4 Å². The molecule has 2 heterocycles. The SMILES string of the molecule is Cc1ccc(C(C)NC(=O)COC(=O)c2cc3ccccc3nc2N2CCCC2)cc1C. The Morgan fingerprint density at radius 3 is 2.56 bits per heavy atom. The van der Waals surface area contributed by atoms with Crippen molar-refractivity contribution in [2.45, 2.75) is 39.7 Å². The lowest BCUT2D eigenvalue weighted by Crippen LogP contribution is -2.31. The maximum absolute atomic E-state index is 12.9. The fourth-order valence-electron chi connectivity index (χ4n) is 4.04. The van der Waals surface area contributed by atoms with Gasteiger partial charge in [0.2, 0.25) is 0 Å². The fraction of sp³-hybridized carbons (Fsp3) is 0.346. The molecule has 0 bridgehead atoms. The number of benzene rings is 2. The molecule has 166 valence electrons. The van der Waals surface area contributed by atoms with Gasteiger partial charge in [-0.1, -0.05) is 36.4 Å². The maximum Gasteiger partial charge on any atom is 0.342 e. The van der Waals surface area contributed by atoms with Crippen molar-refractivity contribution in [1.82, 2.24) is 10.3 Å². The van der Waals surface area contributed by atoms with Gasteiger partial charge in [-0.3, -0.25) is 4.79 Å². The molecule has 2 aromatic carbocycles. The second-order valence-corrected chi connectivity index (χ2v) is 8.46. The molecular weight excluding hydrogens is 402 g/mol. The predicted molar refractivity (Wildman–Crippen MR) is 126 cm³/mol. The van der Waals surface area contributed by atoms with Gasteiger partial charge in [-0.05, 0) is 62.4 Å². The van der Waals surface area contributed by atoms with E-state index in [0.717, 1.165) is 42.4 Å². The number of carbonyl (C=O) groups excluding carboxylic acids is 2. The quantitative estimate of drug-likeness (QED) is 0.583. The second-order valence-electron chi connectivity index (χ2n) is 8.46. The Kier molecular flexibility index (Phi) is 6.40. The number of rotatable bonds is 6. The number of hydrogen-bond acceptors (Lipinski definition) is 5. The number of aryl methyl sites for hydroxylation is 2. The Labute approximate surface area is 188 Å². The van der Waals surface area contributed by atoms with Crippen LogP contribution < -0.4 is 10.2 Å². The average molecular weight is 432 g/mol. The van der Waals surface area contributed by atoms with Gasteiger partial charge in [0.15, 0.2) is 6.61 Å². The molecule has 4 rings (SSSR count). The van der Waals surface area contributed by atoms with E-state index in [-0.39, 0.29) is 18.6 Å². The zero-order valence-electron chi connectivity index (χ0n) is 18.9. The Bertz CT molecular complexity index is 1150. The van der Waals surface area contributed by atoms with Crippen molar-refractivity contribution < 1.29 is 14.3 Å². The number of para-hydroxylation sites is 1. The smallest absolute Gasteiger partial charge is 0.342 e. The highest BCUT2D eigenvalue weighted by molar-refractivity contribution is 6.00. The van der Waals surface area contributed by atoms with Gasteiger partial charge < -0.3 is 15.0 Å². The van der Waals surface area contributed by atoms with E-state index in [9.17, 15) is 9.59 Å². The molecule has 1 saturated heterocycles. The third kappa shape index (κ3) is 4.74. The van der Waals surface area contributed by atoms with E-state index in [2.05, 4.69) is 23.2 Å². The number of hydrogen-bond donors (Lipinski definition) is 1. The van der Waals surface area contributed by atoms with Gasteiger partial charge in [0.05, 0.1) is 11.6 Å². The predicted octanol–water partition coefficient (Wildman–Crippen LogP) is 4.49. The molecule has 1 amide bonds. The number of amides is 1. The summed E-state index contributed by atoms with van der Waals surface area (Å²) < 4.78 is 5.40. The van der Waals surface area contributed by atoms with Crippen molar-refractivity contribution in [3.63, 3.8) is 0 Å². The Hall–Kier alpha value is -3.41. The summed E-state index contributed by atoms with van der Waals surface area (Å²) in [5.41, 5.74) is 4.64. The molecule has 0 radical (unpaired) electrons. The van der Waals surface area contributed by atoms with Gasteiger partial charge >= 0.3 is 5.97 Å². The Morgan fingerprint density at radius 1 is 1.06 bits per heavy atom. The van der Waals surface area contributed by atoms with Gasteiger partial charge in [0, 0.05) is 18.5 Å². The zero-order chi connectivity index (χ0) is 22.7. The van der Waals surface area contributed by atoms with Crippen LogP contribution in [-0.2, 0) is 9.53 Å². The van der Waals surface area contributed by atoms with Crippen LogP contribution in [0.4, 0.5) is 5.82 Å². The third-order valence-corrected chi connectivity index (χ3v) is 6.07. The number of anilines is 1. The first-order chi connectivity index (χ1) is 15.4. The molecule has 3 aromatic rings. The normalized spacial score (nSPS) is 14.4. The summed E-state index contributed by atoms with van der Waals surface area (Å²) in [4.78, 5) is 32.2. The first kappa shape index (κ1) is 21.8. The minimum absolute atomic E-state index is 0.178. The molecule has 1 aromatic heterocycles. The van der Waals surface area contributed by atoms with Crippen molar-refractivity contribution in [2.24, 2.45) is 0 Å². The fourth-order valence-corrected chi connectivity index (χ4v) is 4.04. The molecule has 1 aliphatic heterocycles. The van der Waals surface area contributed by atoms with Gasteiger partial charge in [0.1, 0.15) is 11.4 Å². The molecule has 1 atom stereocenters. The third-order valence-electron chi connectivity index (χ3n) is 6.07. The highest BCUT2D eigenvalue weighted by Crippen LogP contribution is 2.27. The summed E-state index contributed by atoms with van der Waals surface area (Å²) in [6.07, 6.45) is 2.14. The summed E-state index contributed by atoms with van der Waals surface area (Å²) in [5.74, 6) is -0.227. The maximum atomic E-state index is 12.9. The molecule has 6 nitrogen and oxygen atoms in total. The summed E-state index contributed by atoms with van der Waals surface area (Å²) in [5, 5.41) is 3.78. The van der Waals surface area contributed by atoms with E-state index in [1.165, 1.54) is 11.1 Å². The molecule has 0 spiro atoms. The Balaban J connectivity index is 1.45. The lowest BCUT2D eigenvalue weighted by atomic mass is 10.0. The number of nitrogens with zero attached hydrogens (tertiary/aromatic N) is 2. The molecule has 0 saturated carbocycles. The molecule has 1 fully saturated rings. The Morgan fingerprint density at radius 2 is 1.81 bits per heavy atom. The molecule has 1 unspecified atom stereocenters. The first-order valence-corrected chi connectivity index (χ1v) is 11.1. The van der Waals surface area contributed by atoms with E-state index in [4.69, 9.17) is 9.72 Å². The van der Waals surface area contributed by atoms with E-state index in [1.807, 2.05) is 56.3 Å². The molecule has 0 aliphatic carbocycles. The van der Waals surface area contributed by atoms with Crippen LogP contribution in [0.3, 0.4) is 0 Å². The van der Waals surface area contributed by atoms with Crippen molar-refractivity contribution in [3.05, 3.63) is 70.8 Å². The van der Waals surface area contributed by atoms with Crippen molar-refractivity contribution in [2.75, 3.05) is 24.6 Å². The average Bonchev–Trinajstić information content (AvgIpc) is 3.33. The molecule has 32 heavy (non-hydrogen) atoms. The van der Waals surface area contributed by atoms with Crippen molar-refractivity contribution in [1.29, 1.82) is 0 Å². The van der Waals surface area contributed by atoms with E-state index < -0.39 is 5.97 Å². The van der Waals surface area contributed by atoms with E-state index in [1.54, 1.807) is 0 Å². The van der Waals surface area contributed by atoms with Crippen LogP contribution in [0, 0.1) is 13.8 Å². The lowest BCUT2D eigenvalue weighted by molar-refractivity contribution is -0.124. The van der Waals surface area contributed by atoms with Crippen molar-refractivity contribution >= 4 is 28.6 Å². The molecule has 6 heteroatoms. The van der Waals surface area contributed by atoms with Crippen LogP contribution in [-0.4, -0.2) is 36.6 Å². The molecule has 1 N–H and O–H groups in total. The van der Waals surface area contributed by atoms with Gasteiger partial charge in [-0.2, -0.15) is 0 Å². The van der Waals surface area contributed by atoms with Crippen LogP contribution in [0.2, 0.25) is 0 Å². The number of fused-ring (bicyclic) bond motifs is 1. The highest BCUT2D eigenvalue weighted by atomic mass is 16.5. The second kappa shape index (κ2) is 9.39. The zero-order valence-corrected chi connectivity index (χ0v) is 18.9. The minimum Gasteiger partial charge on any atom is -0.452 e. The van der Waals surface area contributed by atoms with Crippen LogP contribution in [0.1, 0.15) is 52.9 Å². The van der Waals surface area contributed by atoms with Crippen LogP contribution in [0.15, 0.2) is 48.5 Å². The monoisotopic (exact) mass is 431 g/mol. The van der Waals surface area contributed by atoms with Crippen molar-refractivity contribution in [3.8, 4) is 0 Å². The first-order valence-electron chi connectivity index (χ1n) is 11.1. The van der Waals surface area contributed by atoms with Gasteiger partial charge in [-0.15, -0.1) is 0 Å². The topological polar surface area (TPSA) is 71.5 Å². The number of carbonyl (C=O) groups is 2. The number of esters is 1. The summed E-state index contributed by atoms with van der Waals surface area (Å²) in [7, 11) is 0. The molecule has 1 aliphatic rings.